The molecule has 0 bridgehead atoms. The lowest BCUT2D eigenvalue weighted by molar-refractivity contribution is 0.112. The quantitative estimate of drug-likeness (QED) is 0.772. The zero-order valence-corrected chi connectivity index (χ0v) is 10.3. The predicted octanol–water partition coefficient (Wildman–Crippen LogP) is 3.18. The lowest BCUT2D eigenvalue weighted by Crippen LogP contribution is -1.91. The summed E-state index contributed by atoms with van der Waals surface area (Å²) in [6, 6.07) is 13.0. The van der Waals surface area contributed by atoms with Gasteiger partial charge in [-0.2, -0.15) is 0 Å². The Morgan fingerprint density at radius 1 is 1.00 bits per heavy atom. The van der Waals surface area contributed by atoms with E-state index >= 15 is 0 Å². The third-order valence-corrected chi connectivity index (χ3v) is 2.74. The van der Waals surface area contributed by atoms with Crippen molar-refractivity contribution in [3.05, 3.63) is 48.0 Å². The van der Waals surface area contributed by atoms with Gasteiger partial charge in [-0.1, -0.05) is 12.1 Å². The molecule has 2 aromatic carbocycles. The number of ether oxygens (including phenoxy) is 2. The summed E-state index contributed by atoms with van der Waals surface area (Å²) in [6.07, 6.45) is 0.823. The van der Waals surface area contributed by atoms with Gasteiger partial charge in [0.25, 0.3) is 0 Å². The summed E-state index contributed by atoms with van der Waals surface area (Å²) < 4.78 is 10.5. The molecule has 2 aromatic rings. The van der Waals surface area contributed by atoms with Crippen LogP contribution < -0.4 is 9.47 Å². The van der Waals surface area contributed by atoms with Crippen molar-refractivity contribution < 1.29 is 14.3 Å². The van der Waals surface area contributed by atoms with Crippen LogP contribution in [0, 0.1) is 0 Å². The summed E-state index contributed by atoms with van der Waals surface area (Å²) in [6.45, 7) is 0. The van der Waals surface area contributed by atoms with Crippen LogP contribution in [0.3, 0.4) is 0 Å². The highest BCUT2D eigenvalue weighted by molar-refractivity contribution is 5.81. The van der Waals surface area contributed by atoms with Crippen LogP contribution in [0.5, 0.6) is 11.5 Å². The molecule has 0 heterocycles. The Labute approximate surface area is 106 Å². The molecule has 92 valence electrons. The van der Waals surface area contributed by atoms with Crippen molar-refractivity contribution in [3.63, 3.8) is 0 Å². The molecule has 0 aliphatic heterocycles. The second kappa shape index (κ2) is 5.36. The number of rotatable bonds is 4. The van der Waals surface area contributed by atoms with E-state index in [4.69, 9.17) is 9.47 Å². The smallest absolute Gasteiger partial charge is 0.150 e. The van der Waals surface area contributed by atoms with Crippen molar-refractivity contribution in [1.29, 1.82) is 0 Å². The number of hydrogen-bond donors (Lipinski definition) is 0. The van der Waals surface area contributed by atoms with Gasteiger partial charge < -0.3 is 9.47 Å². The monoisotopic (exact) mass is 242 g/mol. The van der Waals surface area contributed by atoms with Crippen molar-refractivity contribution in [2.24, 2.45) is 0 Å². The van der Waals surface area contributed by atoms with Crippen LogP contribution in [-0.2, 0) is 0 Å². The molecule has 0 aliphatic rings. The van der Waals surface area contributed by atoms with E-state index in [0.717, 1.165) is 28.9 Å². The van der Waals surface area contributed by atoms with E-state index in [1.165, 1.54) is 0 Å². The van der Waals surface area contributed by atoms with Crippen molar-refractivity contribution in [2.45, 2.75) is 0 Å². The van der Waals surface area contributed by atoms with Gasteiger partial charge in [0.15, 0.2) is 0 Å². The fraction of sp³-hybridized carbons (Fsp3) is 0.133. The highest BCUT2D eigenvalue weighted by atomic mass is 16.5. The number of carbonyl (C=O) groups excluding carboxylic acids is 1. The Morgan fingerprint density at radius 3 is 2.50 bits per heavy atom. The van der Waals surface area contributed by atoms with Gasteiger partial charge in [0.05, 0.1) is 14.2 Å². The molecule has 0 aliphatic carbocycles. The van der Waals surface area contributed by atoms with Crippen molar-refractivity contribution >= 4 is 6.29 Å². The van der Waals surface area contributed by atoms with Crippen molar-refractivity contribution in [2.75, 3.05) is 14.2 Å². The lowest BCUT2D eigenvalue weighted by Gasteiger charge is -2.10. The molecule has 3 nitrogen and oxygen atoms in total. The minimum absolute atomic E-state index is 0.619. The maximum atomic E-state index is 10.8. The molecule has 0 aromatic heterocycles. The molecule has 2 rings (SSSR count). The third-order valence-electron chi connectivity index (χ3n) is 2.74. The fourth-order valence-electron chi connectivity index (χ4n) is 1.82. The molecule has 18 heavy (non-hydrogen) atoms. The summed E-state index contributed by atoms with van der Waals surface area (Å²) >= 11 is 0. The molecule has 0 N–H and O–H groups in total. The van der Waals surface area contributed by atoms with E-state index in [2.05, 4.69) is 0 Å². The van der Waals surface area contributed by atoms with Crippen LogP contribution in [0.2, 0.25) is 0 Å². The van der Waals surface area contributed by atoms with Crippen LogP contribution >= 0.6 is 0 Å². The highest BCUT2D eigenvalue weighted by Crippen LogP contribution is 2.32. The Hall–Kier alpha value is -2.29. The average Bonchev–Trinajstić information content (AvgIpc) is 2.46. The third kappa shape index (κ3) is 2.35. The topological polar surface area (TPSA) is 35.5 Å². The maximum absolute atomic E-state index is 10.8. The van der Waals surface area contributed by atoms with Gasteiger partial charge in [0.2, 0.25) is 0 Å². The average molecular weight is 242 g/mol. The SMILES string of the molecule is COc1cccc(-c2cc(C=O)ccc2OC)c1. The van der Waals surface area contributed by atoms with Crippen LogP contribution in [0.15, 0.2) is 42.5 Å². The summed E-state index contributed by atoms with van der Waals surface area (Å²) in [7, 11) is 3.23. The normalized spacial score (nSPS) is 9.89. The minimum Gasteiger partial charge on any atom is -0.497 e. The second-order valence-corrected chi connectivity index (χ2v) is 3.81. The summed E-state index contributed by atoms with van der Waals surface area (Å²) in [4.78, 5) is 10.8. The summed E-state index contributed by atoms with van der Waals surface area (Å²) in [5.41, 5.74) is 2.45. The molecule has 3 heteroatoms. The van der Waals surface area contributed by atoms with Gasteiger partial charge in [-0.25, -0.2) is 0 Å². The second-order valence-electron chi connectivity index (χ2n) is 3.81. The van der Waals surface area contributed by atoms with Gasteiger partial charge in [0.1, 0.15) is 17.8 Å². The van der Waals surface area contributed by atoms with Gasteiger partial charge in [-0.05, 0) is 35.9 Å². The largest absolute Gasteiger partial charge is 0.497 e. The Kier molecular flexibility index (Phi) is 3.63. The zero-order chi connectivity index (χ0) is 13.0. The summed E-state index contributed by atoms with van der Waals surface area (Å²) in [5, 5.41) is 0. The van der Waals surface area contributed by atoms with E-state index < -0.39 is 0 Å². The number of carbonyl (C=O) groups is 1. The number of benzene rings is 2. The van der Waals surface area contributed by atoms with Gasteiger partial charge in [-0.15, -0.1) is 0 Å². The van der Waals surface area contributed by atoms with Crippen molar-refractivity contribution in [1.82, 2.24) is 0 Å². The molecule has 0 saturated carbocycles. The molecule has 0 unspecified atom stereocenters. The van der Waals surface area contributed by atoms with E-state index in [1.54, 1.807) is 32.4 Å². The minimum atomic E-state index is 0.619. The van der Waals surface area contributed by atoms with E-state index in [0.29, 0.717) is 5.56 Å². The Balaban J connectivity index is 2.56. The molecule has 0 spiro atoms. The van der Waals surface area contributed by atoms with Crippen molar-refractivity contribution in [3.8, 4) is 22.6 Å². The van der Waals surface area contributed by atoms with E-state index in [9.17, 15) is 4.79 Å². The molecule has 0 fully saturated rings. The number of methoxy groups -OCH3 is 2. The maximum Gasteiger partial charge on any atom is 0.150 e. The first-order valence-electron chi connectivity index (χ1n) is 5.56. The summed E-state index contributed by atoms with van der Waals surface area (Å²) in [5.74, 6) is 1.50. The lowest BCUT2D eigenvalue weighted by atomic mass is 10.0. The molecule has 0 saturated heterocycles. The van der Waals surface area contributed by atoms with E-state index in [1.807, 2.05) is 24.3 Å². The predicted molar refractivity (Wildman–Crippen MR) is 70.4 cm³/mol. The first-order chi connectivity index (χ1) is 8.78. The van der Waals surface area contributed by atoms with Gasteiger partial charge in [-0.3, -0.25) is 4.79 Å². The molecule has 0 radical (unpaired) electrons. The Morgan fingerprint density at radius 2 is 1.83 bits per heavy atom. The van der Waals surface area contributed by atoms with Crippen LogP contribution in [0.4, 0.5) is 0 Å². The first kappa shape index (κ1) is 12.2. The van der Waals surface area contributed by atoms with Crippen LogP contribution in [-0.4, -0.2) is 20.5 Å². The standard InChI is InChI=1S/C15H14O3/c1-17-13-5-3-4-12(9-13)14-8-11(10-16)6-7-15(14)18-2/h3-10H,1-2H3. The Bertz CT molecular complexity index is 561. The van der Waals surface area contributed by atoms with Gasteiger partial charge in [0, 0.05) is 11.1 Å². The van der Waals surface area contributed by atoms with Crippen LogP contribution in [0.25, 0.3) is 11.1 Å². The van der Waals surface area contributed by atoms with Gasteiger partial charge >= 0.3 is 0 Å². The van der Waals surface area contributed by atoms with Crippen LogP contribution in [0.1, 0.15) is 10.4 Å². The highest BCUT2D eigenvalue weighted by Gasteiger charge is 2.07. The number of aldehydes is 1. The molecular formula is C15H14O3. The molecule has 0 amide bonds. The molecule has 0 atom stereocenters. The number of hydrogen-bond acceptors (Lipinski definition) is 3. The fourth-order valence-corrected chi connectivity index (χ4v) is 1.82. The van der Waals surface area contributed by atoms with E-state index in [-0.39, 0.29) is 0 Å². The first-order valence-corrected chi connectivity index (χ1v) is 5.56. The molecular weight excluding hydrogens is 228 g/mol. The zero-order valence-electron chi connectivity index (χ0n) is 10.3.